The third kappa shape index (κ3) is 1.94. The second-order valence-corrected chi connectivity index (χ2v) is 10.6. The number of nitrogens with one attached hydrogen (secondary N) is 1. The summed E-state index contributed by atoms with van der Waals surface area (Å²) in [6.45, 7) is 5.74. The maximum atomic E-state index is 8.19. The van der Waals surface area contributed by atoms with Crippen molar-refractivity contribution in [3.63, 3.8) is 0 Å². The maximum Gasteiger partial charge on any atom is 0.0957 e. The second-order valence-electron chi connectivity index (χ2n) is 10.6. The molecule has 2 nitrogen and oxygen atoms in total. The first kappa shape index (κ1) is 17.0. The Labute approximate surface area is 164 Å². The van der Waals surface area contributed by atoms with Crippen LogP contribution in [-0.4, -0.2) is 17.9 Å². The molecule has 4 saturated carbocycles. The topological polar surface area (TPSA) is 33.1 Å². The Bertz CT molecular complexity index is 737. The van der Waals surface area contributed by atoms with Crippen molar-refractivity contribution in [2.24, 2.45) is 46.8 Å². The smallest absolute Gasteiger partial charge is 0.0957 e. The molecule has 1 aliphatic heterocycles. The van der Waals surface area contributed by atoms with Gasteiger partial charge in [-0.05, 0) is 92.4 Å². The third-order valence-electron chi connectivity index (χ3n) is 10.2. The highest BCUT2D eigenvalue weighted by Crippen LogP contribution is 2.79. The summed E-state index contributed by atoms with van der Waals surface area (Å²) in [6.07, 6.45) is 17.5. The van der Waals surface area contributed by atoms with Crippen molar-refractivity contribution in [2.75, 3.05) is 6.61 Å². The van der Waals surface area contributed by atoms with E-state index in [1.165, 1.54) is 44.9 Å². The first-order valence-corrected chi connectivity index (χ1v) is 11.7. The minimum absolute atomic E-state index is 0.0884. The predicted molar refractivity (Wildman–Crippen MR) is 109 cm³/mol. The normalized spacial score (nSPS) is 55.0. The van der Waals surface area contributed by atoms with Crippen LogP contribution >= 0.6 is 0 Å². The fourth-order valence-electron chi connectivity index (χ4n) is 9.30. The van der Waals surface area contributed by atoms with Crippen LogP contribution in [0.1, 0.15) is 65.2 Å². The van der Waals surface area contributed by atoms with Gasteiger partial charge < -0.3 is 10.1 Å². The van der Waals surface area contributed by atoms with Gasteiger partial charge in [0.2, 0.25) is 0 Å². The molecule has 4 fully saturated rings. The van der Waals surface area contributed by atoms with Crippen molar-refractivity contribution < 1.29 is 4.74 Å². The van der Waals surface area contributed by atoms with Crippen molar-refractivity contribution in [1.29, 1.82) is 5.41 Å². The van der Waals surface area contributed by atoms with Crippen LogP contribution in [0.4, 0.5) is 0 Å². The van der Waals surface area contributed by atoms with E-state index >= 15 is 0 Å². The van der Waals surface area contributed by atoms with Gasteiger partial charge in [0.05, 0.1) is 12.2 Å². The molecule has 1 spiro atoms. The van der Waals surface area contributed by atoms with Crippen LogP contribution in [0.15, 0.2) is 23.8 Å². The van der Waals surface area contributed by atoms with Gasteiger partial charge in [-0.25, -0.2) is 0 Å². The molecular weight excluding hydrogens is 330 g/mol. The van der Waals surface area contributed by atoms with Crippen LogP contribution in [0.3, 0.4) is 0 Å². The van der Waals surface area contributed by atoms with Gasteiger partial charge in [0.15, 0.2) is 0 Å². The summed E-state index contributed by atoms with van der Waals surface area (Å²) >= 11 is 0. The molecule has 0 amide bonds. The standard InChI is InChI=1S/C25H35NO/c1-3-15-12-16-13-17(26)6-7-18(16)19-8-10-24(4-2)23(22(15)19)20-14-21(20)25(24)9-5-11-27-25/h5,9,13,15,18-23,26H,3-4,6-8,10-12,14H2,1-2H3/t15?,18-,19?,20?,21?,22?,23?,24-,25-/m0/s1. The zero-order chi connectivity index (χ0) is 18.4. The monoisotopic (exact) mass is 365 g/mol. The molecule has 6 rings (SSSR count). The van der Waals surface area contributed by atoms with E-state index in [-0.39, 0.29) is 5.60 Å². The van der Waals surface area contributed by atoms with E-state index in [0.29, 0.717) is 5.41 Å². The quantitative estimate of drug-likeness (QED) is 0.618. The van der Waals surface area contributed by atoms with Gasteiger partial charge >= 0.3 is 0 Å². The van der Waals surface area contributed by atoms with Crippen molar-refractivity contribution in [1.82, 2.24) is 0 Å². The van der Waals surface area contributed by atoms with Gasteiger partial charge in [0.25, 0.3) is 0 Å². The molecule has 9 atom stereocenters. The minimum Gasteiger partial charge on any atom is -0.366 e. The van der Waals surface area contributed by atoms with E-state index in [9.17, 15) is 0 Å². The second kappa shape index (κ2) is 5.59. The van der Waals surface area contributed by atoms with Crippen LogP contribution in [0.2, 0.25) is 0 Å². The van der Waals surface area contributed by atoms with E-state index in [4.69, 9.17) is 10.1 Å². The molecule has 0 radical (unpaired) electrons. The zero-order valence-corrected chi connectivity index (χ0v) is 17.0. The summed E-state index contributed by atoms with van der Waals surface area (Å²) in [5.74, 6) is 6.05. The summed E-state index contributed by atoms with van der Waals surface area (Å²) in [7, 11) is 0. The molecule has 1 heterocycles. The predicted octanol–water partition coefficient (Wildman–Crippen LogP) is 5.79. The first-order valence-electron chi connectivity index (χ1n) is 11.7. The summed E-state index contributed by atoms with van der Waals surface area (Å²) in [5, 5.41) is 8.19. The molecule has 146 valence electrons. The lowest BCUT2D eigenvalue weighted by Gasteiger charge is -2.60. The van der Waals surface area contributed by atoms with Crippen LogP contribution in [0.25, 0.3) is 0 Å². The molecule has 5 aliphatic carbocycles. The molecule has 0 saturated heterocycles. The fraction of sp³-hybridized carbons (Fsp3) is 0.800. The zero-order valence-electron chi connectivity index (χ0n) is 17.0. The number of hydrogen-bond donors (Lipinski definition) is 1. The Balaban J connectivity index is 1.44. The molecular formula is C25H35NO. The largest absolute Gasteiger partial charge is 0.366 e. The van der Waals surface area contributed by atoms with Gasteiger partial charge in [0.1, 0.15) is 0 Å². The molecule has 27 heavy (non-hydrogen) atoms. The number of ether oxygens (including phenoxy) is 1. The number of rotatable bonds is 2. The lowest BCUT2D eigenvalue weighted by molar-refractivity contribution is -0.151. The molecule has 0 bridgehead atoms. The van der Waals surface area contributed by atoms with Gasteiger partial charge in [0, 0.05) is 11.1 Å². The van der Waals surface area contributed by atoms with E-state index in [2.05, 4.69) is 32.1 Å². The van der Waals surface area contributed by atoms with E-state index in [1.807, 2.05) is 0 Å². The van der Waals surface area contributed by atoms with Crippen LogP contribution < -0.4 is 0 Å². The Morgan fingerprint density at radius 3 is 2.85 bits per heavy atom. The Morgan fingerprint density at radius 1 is 1.22 bits per heavy atom. The minimum atomic E-state index is 0.0884. The van der Waals surface area contributed by atoms with Crippen molar-refractivity contribution in [3.05, 3.63) is 23.8 Å². The fourth-order valence-corrected chi connectivity index (χ4v) is 9.30. The molecule has 0 aromatic carbocycles. The summed E-state index contributed by atoms with van der Waals surface area (Å²) < 4.78 is 6.64. The lowest BCUT2D eigenvalue weighted by Crippen LogP contribution is -2.57. The highest BCUT2D eigenvalue weighted by atomic mass is 16.5. The molecule has 2 heteroatoms. The molecule has 0 aromatic heterocycles. The van der Waals surface area contributed by atoms with E-state index in [0.717, 1.165) is 60.2 Å². The maximum absolute atomic E-state index is 8.19. The Hall–Kier alpha value is -0.890. The Kier molecular flexibility index (Phi) is 3.52. The molecule has 6 unspecified atom stereocenters. The average Bonchev–Trinajstić information content (AvgIpc) is 3.26. The highest BCUT2D eigenvalue weighted by molar-refractivity contribution is 5.93. The summed E-state index contributed by atoms with van der Waals surface area (Å²) in [6, 6.07) is 0. The summed E-state index contributed by atoms with van der Waals surface area (Å²) in [5.41, 5.74) is 3.04. The SMILES string of the molecule is CCC1CC2=CC(=N)CC[C@@H]2C2CC[C@@]3(CC)C(C4CC4[C@@]34C=CCO4)C12. The van der Waals surface area contributed by atoms with Gasteiger partial charge in [-0.2, -0.15) is 0 Å². The number of hydrogen-bond acceptors (Lipinski definition) is 2. The highest BCUT2D eigenvalue weighted by Gasteiger charge is 2.77. The molecule has 1 N–H and O–H groups in total. The van der Waals surface area contributed by atoms with Crippen molar-refractivity contribution >= 4 is 5.71 Å². The molecule has 0 aromatic rings. The van der Waals surface area contributed by atoms with Gasteiger partial charge in [-0.3, -0.25) is 0 Å². The Morgan fingerprint density at radius 2 is 2.11 bits per heavy atom. The number of allylic oxidation sites excluding steroid dienone is 2. The first-order chi connectivity index (χ1) is 13.1. The molecule has 6 aliphatic rings. The van der Waals surface area contributed by atoms with E-state index in [1.54, 1.807) is 5.57 Å². The summed E-state index contributed by atoms with van der Waals surface area (Å²) in [4.78, 5) is 0. The third-order valence-corrected chi connectivity index (χ3v) is 10.2. The van der Waals surface area contributed by atoms with Crippen LogP contribution in [0.5, 0.6) is 0 Å². The average molecular weight is 366 g/mol. The van der Waals surface area contributed by atoms with Gasteiger partial charge in [-0.15, -0.1) is 0 Å². The van der Waals surface area contributed by atoms with E-state index < -0.39 is 0 Å². The van der Waals surface area contributed by atoms with Crippen molar-refractivity contribution in [3.8, 4) is 0 Å². The number of fused-ring (bicyclic) bond motifs is 9. The van der Waals surface area contributed by atoms with Crippen LogP contribution in [0, 0.1) is 52.2 Å². The lowest BCUT2D eigenvalue weighted by atomic mass is 9.45. The van der Waals surface area contributed by atoms with Gasteiger partial charge in [-0.1, -0.05) is 38.0 Å². The van der Waals surface area contributed by atoms with Crippen LogP contribution in [-0.2, 0) is 4.74 Å². The van der Waals surface area contributed by atoms with Crippen molar-refractivity contribution in [2.45, 2.75) is 70.8 Å².